The topological polar surface area (TPSA) is 81.1 Å². The summed E-state index contributed by atoms with van der Waals surface area (Å²) >= 11 is 0. The number of hydrogen-bond acceptors (Lipinski definition) is 7. The maximum Gasteiger partial charge on any atom is 0.247 e. The standard InChI is InChI=1S/C21H25N5O2/c1-14(2)18-22-17(28-25-18)13-26-10-8-21(9-11-26)12-16(21)20-24-23-19(27-20)15-6-4-3-5-7-15/h3-7,14,16H,8-13H2,1-2H3/t16-/m0/s1. The van der Waals surface area contributed by atoms with Crippen molar-refractivity contribution < 1.29 is 8.94 Å². The van der Waals surface area contributed by atoms with Crippen LogP contribution in [0.2, 0.25) is 0 Å². The first-order valence-corrected chi connectivity index (χ1v) is 10.1. The van der Waals surface area contributed by atoms with Crippen LogP contribution in [0.4, 0.5) is 0 Å². The fourth-order valence-electron chi connectivity index (χ4n) is 4.24. The minimum Gasteiger partial charge on any atom is -0.420 e. The van der Waals surface area contributed by atoms with E-state index in [9.17, 15) is 0 Å². The average Bonchev–Trinajstić information content (AvgIpc) is 3.08. The second-order valence-electron chi connectivity index (χ2n) is 8.41. The van der Waals surface area contributed by atoms with Gasteiger partial charge in [-0.15, -0.1) is 10.2 Å². The summed E-state index contributed by atoms with van der Waals surface area (Å²) in [5.74, 6) is 3.62. The van der Waals surface area contributed by atoms with Gasteiger partial charge in [0.15, 0.2) is 5.82 Å². The van der Waals surface area contributed by atoms with Crippen molar-refractivity contribution in [3.63, 3.8) is 0 Å². The molecule has 2 aliphatic rings. The van der Waals surface area contributed by atoms with E-state index in [1.54, 1.807) is 0 Å². The third kappa shape index (κ3) is 3.24. The number of piperidine rings is 1. The van der Waals surface area contributed by atoms with E-state index >= 15 is 0 Å². The van der Waals surface area contributed by atoms with E-state index in [-0.39, 0.29) is 0 Å². The lowest BCUT2D eigenvalue weighted by atomic mass is 9.91. The highest BCUT2D eigenvalue weighted by Crippen LogP contribution is 2.64. The van der Waals surface area contributed by atoms with Gasteiger partial charge in [0, 0.05) is 17.4 Å². The van der Waals surface area contributed by atoms with Gasteiger partial charge < -0.3 is 8.94 Å². The molecule has 1 saturated heterocycles. The van der Waals surface area contributed by atoms with Crippen molar-refractivity contribution >= 4 is 0 Å². The van der Waals surface area contributed by atoms with Gasteiger partial charge in [0.25, 0.3) is 0 Å². The van der Waals surface area contributed by atoms with Gasteiger partial charge in [0.05, 0.1) is 6.54 Å². The van der Waals surface area contributed by atoms with E-state index < -0.39 is 0 Å². The highest BCUT2D eigenvalue weighted by atomic mass is 16.5. The first kappa shape index (κ1) is 17.6. The quantitative estimate of drug-likeness (QED) is 0.662. The molecule has 2 aromatic heterocycles. The molecule has 5 rings (SSSR count). The number of benzene rings is 1. The smallest absolute Gasteiger partial charge is 0.247 e. The summed E-state index contributed by atoms with van der Waals surface area (Å²) in [5.41, 5.74) is 1.31. The Bertz CT molecular complexity index is 941. The van der Waals surface area contributed by atoms with Gasteiger partial charge in [0.1, 0.15) is 0 Å². The van der Waals surface area contributed by atoms with Crippen molar-refractivity contribution in [3.8, 4) is 11.5 Å². The SMILES string of the molecule is CC(C)c1noc(CN2CCC3(CC2)C[C@H]3c2nnc(-c3ccccc3)o2)n1. The Labute approximate surface area is 164 Å². The van der Waals surface area contributed by atoms with Gasteiger partial charge in [0.2, 0.25) is 17.7 Å². The molecule has 1 aromatic carbocycles. The fraction of sp³-hybridized carbons (Fsp3) is 0.524. The second kappa shape index (κ2) is 6.81. The second-order valence-corrected chi connectivity index (χ2v) is 8.41. The zero-order valence-electron chi connectivity index (χ0n) is 16.3. The monoisotopic (exact) mass is 379 g/mol. The molecule has 28 heavy (non-hydrogen) atoms. The summed E-state index contributed by atoms with van der Waals surface area (Å²) in [5, 5.41) is 12.7. The van der Waals surface area contributed by atoms with Crippen LogP contribution in [0, 0.1) is 5.41 Å². The normalized spacial score (nSPS) is 21.5. The van der Waals surface area contributed by atoms with Crippen LogP contribution in [0.15, 0.2) is 39.3 Å². The number of nitrogens with zero attached hydrogens (tertiary/aromatic N) is 5. The lowest BCUT2D eigenvalue weighted by molar-refractivity contribution is 0.144. The number of hydrogen-bond donors (Lipinski definition) is 0. The van der Waals surface area contributed by atoms with Crippen LogP contribution in [-0.4, -0.2) is 38.3 Å². The molecule has 1 saturated carbocycles. The summed E-state index contributed by atoms with van der Waals surface area (Å²) in [4.78, 5) is 6.90. The van der Waals surface area contributed by atoms with E-state index in [0.29, 0.717) is 23.1 Å². The molecular weight excluding hydrogens is 354 g/mol. The van der Waals surface area contributed by atoms with E-state index in [1.807, 2.05) is 30.3 Å². The highest BCUT2D eigenvalue weighted by molar-refractivity contribution is 5.51. The Hall–Kier alpha value is -2.54. The van der Waals surface area contributed by atoms with Crippen molar-refractivity contribution in [1.29, 1.82) is 0 Å². The van der Waals surface area contributed by atoms with Gasteiger partial charge in [-0.2, -0.15) is 4.98 Å². The van der Waals surface area contributed by atoms with Crippen molar-refractivity contribution in [3.05, 3.63) is 47.9 Å². The van der Waals surface area contributed by atoms with Crippen LogP contribution in [0.1, 0.15) is 62.6 Å². The average molecular weight is 379 g/mol. The molecule has 0 N–H and O–H groups in total. The predicted molar refractivity (Wildman–Crippen MR) is 102 cm³/mol. The molecule has 7 heteroatoms. The van der Waals surface area contributed by atoms with Gasteiger partial charge in [-0.3, -0.25) is 4.90 Å². The molecule has 1 aliphatic carbocycles. The summed E-state index contributed by atoms with van der Waals surface area (Å²) in [6.07, 6.45) is 3.44. The van der Waals surface area contributed by atoms with Gasteiger partial charge in [-0.25, -0.2) is 0 Å². The number of aromatic nitrogens is 4. The molecule has 7 nitrogen and oxygen atoms in total. The zero-order chi connectivity index (χ0) is 19.1. The van der Waals surface area contributed by atoms with E-state index in [2.05, 4.69) is 39.1 Å². The van der Waals surface area contributed by atoms with Gasteiger partial charge >= 0.3 is 0 Å². The first-order chi connectivity index (χ1) is 13.6. The third-order valence-electron chi connectivity index (χ3n) is 6.16. The fourth-order valence-corrected chi connectivity index (χ4v) is 4.24. The highest BCUT2D eigenvalue weighted by Gasteiger charge is 2.58. The maximum absolute atomic E-state index is 6.00. The van der Waals surface area contributed by atoms with Crippen LogP contribution in [-0.2, 0) is 6.54 Å². The Balaban J connectivity index is 1.19. The van der Waals surface area contributed by atoms with Crippen molar-refractivity contribution in [2.45, 2.75) is 51.5 Å². The summed E-state index contributed by atoms with van der Waals surface area (Å²) in [7, 11) is 0. The van der Waals surface area contributed by atoms with Crippen LogP contribution >= 0.6 is 0 Å². The largest absolute Gasteiger partial charge is 0.420 e. The lowest BCUT2D eigenvalue weighted by Crippen LogP contribution is -2.34. The molecule has 1 atom stereocenters. The number of likely N-dealkylation sites (tertiary alicyclic amines) is 1. The molecule has 2 fully saturated rings. The molecule has 0 amide bonds. The third-order valence-corrected chi connectivity index (χ3v) is 6.16. The van der Waals surface area contributed by atoms with Gasteiger partial charge in [-0.1, -0.05) is 37.2 Å². The molecule has 0 unspecified atom stereocenters. The van der Waals surface area contributed by atoms with E-state index in [0.717, 1.165) is 62.1 Å². The molecular formula is C21H25N5O2. The molecule has 0 bridgehead atoms. The first-order valence-electron chi connectivity index (χ1n) is 10.1. The Morgan fingerprint density at radius 2 is 1.93 bits per heavy atom. The van der Waals surface area contributed by atoms with Crippen molar-refractivity contribution in [2.24, 2.45) is 5.41 Å². The van der Waals surface area contributed by atoms with Gasteiger partial charge in [-0.05, 0) is 49.9 Å². The molecule has 146 valence electrons. The Kier molecular flexibility index (Phi) is 4.27. The molecule has 3 aromatic rings. The number of rotatable bonds is 5. The molecule has 0 radical (unpaired) electrons. The minimum atomic E-state index is 0.296. The molecule has 1 spiro atoms. The predicted octanol–water partition coefficient (Wildman–Crippen LogP) is 4.01. The van der Waals surface area contributed by atoms with Crippen LogP contribution < -0.4 is 0 Å². The summed E-state index contributed by atoms with van der Waals surface area (Å²) < 4.78 is 11.4. The van der Waals surface area contributed by atoms with Crippen LogP contribution in [0.3, 0.4) is 0 Å². The van der Waals surface area contributed by atoms with E-state index in [4.69, 9.17) is 8.94 Å². The molecule has 3 heterocycles. The zero-order valence-corrected chi connectivity index (χ0v) is 16.3. The molecule has 1 aliphatic heterocycles. The van der Waals surface area contributed by atoms with Crippen LogP contribution in [0.5, 0.6) is 0 Å². The van der Waals surface area contributed by atoms with E-state index in [1.165, 1.54) is 0 Å². The Morgan fingerprint density at radius 1 is 1.14 bits per heavy atom. The lowest BCUT2D eigenvalue weighted by Gasteiger charge is -2.31. The Morgan fingerprint density at radius 3 is 2.64 bits per heavy atom. The minimum absolute atomic E-state index is 0.296. The maximum atomic E-state index is 6.00. The van der Waals surface area contributed by atoms with Crippen molar-refractivity contribution in [2.75, 3.05) is 13.1 Å². The summed E-state index contributed by atoms with van der Waals surface area (Å²) in [6.45, 7) is 6.96. The summed E-state index contributed by atoms with van der Waals surface area (Å²) in [6, 6.07) is 9.96. The van der Waals surface area contributed by atoms with Crippen LogP contribution in [0.25, 0.3) is 11.5 Å². The van der Waals surface area contributed by atoms with Crippen molar-refractivity contribution in [1.82, 2.24) is 25.2 Å².